The number of nitrogens with one attached hydrogen (secondary N) is 1. The number of sulfonamides is 1. The average Bonchev–Trinajstić information content (AvgIpc) is 2.87. The van der Waals surface area contributed by atoms with Gasteiger partial charge in [0.05, 0.1) is 10.6 Å². The van der Waals surface area contributed by atoms with E-state index in [1.165, 1.54) is 17.0 Å². The Labute approximate surface area is 230 Å². The number of nitrogens with zero attached hydrogens (tertiary/aromatic N) is 2. The molecule has 38 heavy (non-hydrogen) atoms. The van der Waals surface area contributed by atoms with Gasteiger partial charge < -0.3 is 10.2 Å². The van der Waals surface area contributed by atoms with E-state index in [1.54, 1.807) is 51.1 Å². The molecule has 0 bridgehead atoms. The highest BCUT2D eigenvalue weighted by Crippen LogP contribution is 2.29. The Balaban J connectivity index is 2.08. The third kappa shape index (κ3) is 6.74. The number of likely N-dealkylation sites (N-methyl/N-ethyl adjacent to an activating group) is 1. The number of hydrogen-bond acceptors (Lipinski definition) is 4. The molecule has 0 aliphatic carbocycles. The predicted octanol–water partition coefficient (Wildman–Crippen LogP) is 5.01. The zero-order valence-corrected chi connectivity index (χ0v) is 23.9. The largest absolute Gasteiger partial charge is 0.355 e. The van der Waals surface area contributed by atoms with Crippen LogP contribution in [0, 0.1) is 20.8 Å². The first-order valence-corrected chi connectivity index (χ1v) is 14.2. The van der Waals surface area contributed by atoms with Crippen LogP contribution in [0.25, 0.3) is 0 Å². The van der Waals surface area contributed by atoms with Crippen LogP contribution in [0.1, 0.15) is 36.1 Å². The van der Waals surface area contributed by atoms with E-state index >= 15 is 0 Å². The maximum absolute atomic E-state index is 13.9. The zero-order chi connectivity index (χ0) is 28.0. The Morgan fingerprint density at radius 3 is 2.21 bits per heavy atom. The van der Waals surface area contributed by atoms with Gasteiger partial charge in [-0.05, 0) is 81.6 Å². The minimum atomic E-state index is -4.13. The molecular formula is C29H34ClN3O4S. The van der Waals surface area contributed by atoms with E-state index in [4.69, 9.17) is 11.6 Å². The van der Waals surface area contributed by atoms with Crippen LogP contribution < -0.4 is 9.62 Å². The predicted molar refractivity (Wildman–Crippen MR) is 152 cm³/mol. The highest BCUT2D eigenvalue weighted by Gasteiger charge is 2.33. The second kappa shape index (κ2) is 12.5. The van der Waals surface area contributed by atoms with Gasteiger partial charge in [-0.15, -0.1) is 0 Å². The SMILES string of the molecule is CCNC(=O)[C@H](C)N(Cc1ccccc1C)C(=O)CN(c1ccc(Cl)cc1C)S(=O)(=O)c1ccc(C)cc1. The first-order valence-electron chi connectivity index (χ1n) is 12.4. The molecule has 0 fully saturated rings. The number of carbonyl (C=O) groups excluding carboxylic acids is 2. The molecule has 0 spiro atoms. The Morgan fingerprint density at radius 2 is 1.61 bits per heavy atom. The van der Waals surface area contributed by atoms with Gasteiger partial charge in [-0.3, -0.25) is 13.9 Å². The van der Waals surface area contributed by atoms with E-state index in [1.807, 2.05) is 38.1 Å². The minimum Gasteiger partial charge on any atom is -0.355 e. The van der Waals surface area contributed by atoms with Gasteiger partial charge in [-0.25, -0.2) is 8.42 Å². The number of rotatable bonds is 10. The van der Waals surface area contributed by atoms with Gasteiger partial charge in [0, 0.05) is 18.1 Å². The van der Waals surface area contributed by atoms with Crippen LogP contribution in [-0.2, 0) is 26.2 Å². The van der Waals surface area contributed by atoms with E-state index in [2.05, 4.69) is 5.32 Å². The van der Waals surface area contributed by atoms with Crippen LogP contribution >= 0.6 is 11.6 Å². The number of carbonyl (C=O) groups is 2. The van der Waals surface area contributed by atoms with Crippen molar-refractivity contribution < 1.29 is 18.0 Å². The van der Waals surface area contributed by atoms with Gasteiger partial charge in [-0.1, -0.05) is 53.6 Å². The molecule has 0 saturated carbocycles. The van der Waals surface area contributed by atoms with E-state index in [0.29, 0.717) is 22.8 Å². The number of benzene rings is 3. The summed E-state index contributed by atoms with van der Waals surface area (Å²) in [6, 6.07) is 18.1. The van der Waals surface area contributed by atoms with Crippen molar-refractivity contribution in [2.24, 2.45) is 0 Å². The zero-order valence-electron chi connectivity index (χ0n) is 22.4. The molecule has 9 heteroatoms. The van der Waals surface area contributed by atoms with E-state index in [-0.39, 0.29) is 17.3 Å². The minimum absolute atomic E-state index is 0.0625. The number of aryl methyl sites for hydroxylation is 3. The molecule has 0 aliphatic heterocycles. The summed E-state index contributed by atoms with van der Waals surface area (Å²) < 4.78 is 28.9. The van der Waals surface area contributed by atoms with Crippen LogP contribution in [0.5, 0.6) is 0 Å². The van der Waals surface area contributed by atoms with E-state index in [0.717, 1.165) is 21.0 Å². The monoisotopic (exact) mass is 555 g/mol. The van der Waals surface area contributed by atoms with Gasteiger partial charge in [-0.2, -0.15) is 0 Å². The first-order chi connectivity index (χ1) is 17.9. The maximum atomic E-state index is 13.9. The molecule has 0 saturated heterocycles. The number of halogens is 1. The first kappa shape index (κ1) is 29.2. The molecule has 7 nitrogen and oxygen atoms in total. The summed E-state index contributed by atoms with van der Waals surface area (Å²) in [6.07, 6.45) is 0. The molecule has 0 aromatic heterocycles. The average molecular weight is 556 g/mol. The second-order valence-electron chi connectivity index (χ2n) is 9.27. The second-order valence-corrected chi connectivity index (χ2v) is 11.6. The Morgan fingerprint density at radius 1 is 0.947 bits per heavy atom. The van der Waals surface area contributed by atoms with E-state index in [9.17, 15) is 18.0 Å². The molecular weight excluding hydrogens is 522 g/mol. The smallest absolute Gasteiger partial charge is 0.264 e. The molecule has 0 aliphatic rings. The fraction of sp³-hybridized carbons (Fsp3) is 0.310. The van der Waals surface area contributed by atoms with Crippen LogP contribution in [0.3, 0.4) is 0 Å². The van der Waals surface area contributed by atoms with Crippen molar-refractivity contribution in [2.45, 2.75) is 52.1 Å². The third-order valence-corrected chi connectivity index (χ3v) is 8.44. The molecule has 3 aromatic carbocycles. The lowest BCUT2D eigenvalue weighted by atomic mass is 10.1. The fourth-order valence-corrected chi connectivity index (χ4v) is 5.83. The molecule has 202 valence electrons. The van der Waals surface area contributed by atoms with E-state index < -0.39 is 28.5 Å². The molecule has 1 N–H and O–H groups in total. The normalized spacial score (nSPS) is 12.1. The highest BCUT2D eigenvalue weighted by atomic mass is 35.5. The Kier molecular flexibility index (Phi) is 9.57. The van der Waals surface area contributed by atoms with Crippen molar-refractivity contribution >= 4 is 39.1 Å². The summed E-state index contributed by atoms with van der Waals surface area (Å²) in [6.45, 7) is 9.06. The quantitative estimate of drug-likeness (QED) is 0.381. The van der Waals surface area contributed by atoms with Gasteiger partial charge in [0.15, 0.2) is 0 Å². The fourth-order valence-electron chi connectivity index (χ4n) is 4.13. The van der Waals surface area contributed by atoms with Crippen LogP contribution in [-0.4, -0.2) is 44.3 Å². The summed E-state index contributed by atoms with van der Waals surface area (Å²) >= 11 is 6.15. The van der Waals surface area contributed by atoms with Crippen molar-refractivity contribution in [1.29, 1.82) is 0 Å². The van der Waals surface area contributed by atoms with Gasteiger partial charge >= 0.3 is 0 Å². The molecule has 0 heterocycles. The lowest BCUT2D eigenvalue weighted by molar-refractivity contribution is -0.139. The summed E-state index contributed by atoms with van der Waals surface area (Å²) in [4.78, 5) is 28.2. The highest BCUT2D eigenvalue weighted by molar-refractivity contribution is 7.92. The van der Waals surface area contributed by atoms with Gasteiger partial charge in [0.1, 0.15) is 12.6 Å². The van der Waals surface area contributed by atoms with Gasteiger partial charge in [0.25, 0.3) is 10.0 Å². The lowest BCUT2D eigenvalue weighted by Gasteiger charge is -2.32. The van der Waals surface area contributed by atoms with Crippen molar-refractivity contribution in [2.75, 3.05) is 17.4 Å². The Bertz CT molecular complexity index is 1410. The maximum Gasteiger partial charge on any atom is 0.264 e. The molecule has 2 amide bonds. The summed E-state index contributed by atoms with van der Waals surface area (Å²) in [5, 5.41) is 3.22. The molecule has 0 unspecified atom stereocenters. The van der Waals surface area contributed by atoms with Gasteiger partial charge in [0.2, 0.25) is 11.8 Å². The number of amides is 2. The summed E-state index contributed by atoms with van der Waals surface area (Å²) in [5.74, 6) is -0.818. The molecule has 0 radical (unpaired) electrons. The van der Waals surface area contributed by atoms with Crippen LogP contribution in [0.15, 0.2) is 71.6 Å². The Hall–Kier alpha value is -3.36. The molecule has 3 rings (SSSR count). The van der Waals surface area contributed by atoms with Crippen molar-refractivity contribution in [1.82, 2.24) is 10.2 Å². The summed E-state index contributed by atoms with van der Waals surface area (Å²) in [5.41, 5.74) is 3.68. The number of anilines is 1. The van der Waals surface area contributed by atoms with Crippen molar-refractivity contribution in [3.05, 3.63) is 94.0 Å². The number of hydrogen-bond donors (Lipinski definition) is 1. The van der Waals surface area contributed by atoms with Crippen molar-refractivity contribution in [3.8, 4) is 0 Å². The lowest BCUT2D eigenvalue weighted by Crippen LogP contribution is -2.51. The molecule has 3 aromatic rings. The van der Waals surface area contributed by atoms with Crippen LogP contribution in [0.2, 0.25) is 5.02 Å². The molecule has 1 atom stereocenters. The third-order valence-electron chi connectivity index (χ3n) is 6.44. The summed E-state index contributed by atoms with van der Waals surface area (Å²) in [7, 11) is -4.13. The van der Waals surface area contributed by atoms with Crippen LogP contribution in [0.4, 0.5) is 5.69 Å². The van der Waals surface area contributed by atoms with Crippen molar-refractivity contribution in [3.63, 3.8) is 0 Å². The topological polar surface area (TPSA) is 86.8 Å². The standard InChI is InChI=1S/C29H34ClN3O4S/c1-6-31-29(35)23(5)32(18-24-10-8-7-9-21(24)3)28(34)19-33(27-16-13-25(30)17-22(27)4)38(36,37)26-14-11-20(2)12-15-26/h7-17,23H,6,18-19H2,1-5H3,(H,31,35)/t23-/m0/s1.